The molecule has 2 aromatic rings. The summed E-state index contributed by atoms with van der Waals surface area (Å²) in [7, 11) is 0. The highest BCUT2D eigenvalue weighted by molar-refractivity contribution is 7.16. The minimum atomic E-state index is -0.276. The van der Waals surface area contributed by atoms with Gasteiger partial charge in [-0.05, 0) is 16.9 Å². The zero-order valence-corrected chi connectivity index (χ0v) is 12.7. The standard InChI is InChI=1S/C14H16N4O2S/c1-14(2)5-10(19)18(11(20)6-14)7-9-16-12(15)8-3-4-21-13(8)17-9/h3-4H,5-7H2,1-2H3,(H2,15,16,17). The molecule has 0 aromatic carbocycles. The number of hydrogen-bond donors (Lipinski definition) is 1. The summed E-state index contributed by atoms with van der Waals surface area (Å²) >= 11 is 1.46. The number of nitrogen functional groups attached to an aromatic ring is 1. The topological polar surface area (TPSA) is 89.2 Å². The van der Waals surface area contributed by atoms with Crippen LogP contribution >= 0.6 is 11.3 Å². The number of hydrogen-bond acceptors (Lipinski definition) is 6. The molecule has 1 fully saturated rings. The molecule has 0 radical (unpaired) electrons. The summed E-state index contributed by atoms with van der Waals surface area (Å²) in [5.74, 6) is 0.437. The van der Waals surface area contributed by atoms with Crippen molar-refractivity contribution in [3.8, 4) is 0 Å². The van der Waals surface area contributed by atoms with E-state index < -0.39 is 0 Å². The number of nitrogens with zero attached hydrogens (tertiary/aromatic N) is 3. The van der Waals surface area contributed by atoms with Crippen molar-refractivity contribution in [2.45, 2.75) is 33.2 Å². The number of carbonyl (C=O) groups is 2. The van der Waals surface area contributed by atoms with Crippen molar-refractivity contribution in [3.63, 3.8) is 0 Å². The number of carbonyl (C=O) groups excluding carboxylic acids is 2. The van der Waals surface area contributed by atoms with Crippen LogP contribution in [0.5, 0.6) is 0 Å². The van der Waals surface area contributed by atoms with Crippen molar-refractivity contribution in [2.24, 2.45) is 5.41 Å². The molecule has 2 aromatic heterocycles. The van der Waals surface area contributed by atoms with Gasteiger partial charge in [-0.2, -0.15) is 0 Å². The monoisotopic (exact) mass is 304 g/mol. The Morgan fingerprint density at radius 3 is 2.62 bits per heavy atom. The molecule has 1 aliphatic heterocycles. The summed E-state index contributed by atoms with van der Waals surface area (Å²) in [5, 5.41) is 2.69. The molecule has 1 aliphatic rings. The Bertz CT molecular complexity index is 718. The first-order valence-electron chi connectivity index (χ1n) is 6.68. The number of anilines is 1. The lowest BCUT2D eigenvalue weighted by Crippen LogP contribution is -2.45. The van der Waals surface area contributed by atoms with E-state index in [2.05, 4.69) is 9.97 Å². The number of aromatic nitrogens is 2. The smallest absolute Gasteiger partial charge is 0.230 e. The maximum atomic E-state index is 12.1. The summed E-state index contributed by atoms with van der Waals surface area (Å²) in [4.78, 5) is 34.9. The summed E-state index contributed by atoms with van der Waals surface area (Å²) < 4.78 is 0. The zero-order chi connectivity index (χ0) is 15.2. The molecule has 1 saturated heterocycles. The Hall–Kier alpha value is -2.02. The minimum Gasteiger partial charge on any atom is -0.383 e. The lowest BCUT2D eigenvalue weighted by atomic mass is 9.82. The fraction of sp³-hybridized carbons (Fsp3) is 0.429. The van der Waals surface area contributed by atoms with Crippen molar-refractivity contribution in [2.75, 3.05) is 5.73 Å². The maximum Gasteiger partial charge on any atom is 0.230 e. The van der Waals surface area contributed by atoms with Crippen LogP contribution in [0.4, 0.5) is 5.82 Å². The van der Waals surface area contributed by atoms with Gasteiger partial charge in [-0.15, -0.1) is 11.3 Å². The first-order chi connectivity index (χ1) is 9.85. The van der Waals surface area contributed by atoms with Crippen molar-refractivity contribution < 1.29 is 9.59 Å². The summed E-state index contributed by atoms with van der Waals surface area (Å²) in [6.45, 7) is 3.93. The van der Waals surface area contributed by atoms with Gasteiger partial charge >= 0.3 is 0 Å². The largest absolute Gasteiger partial charge is 0.383 e. The second-order valence-corrected chi connectivity index (χ2v) is 6.95. The van der Waals surface area contributed by atoms with E-state index in [1.807, 2.05) is 25.3 Å². The number of nitrogens with two attached hydrogens (primary N) is 1. The predicted molar refractivity (Wildman–Crippen MR) is 80.4 cm³/mol. The Morgan fingerprint density at radius 1 is 1.29 bits per heavy atom. The van der Waals surface area contributed by atoms with Crippen LogP contribution in [0.15, 0.2) is 11.4 Å². The third-order valence-electron chi connectivity index (χ3n) is 3.56. The predicted octanol–water partition coefficient (Wildman–Crippen LogP) is 1.95. The lowest BCUT2D eigenvalue weighted by molar-refractivity contribution is -0.153. The highest BCUT2D eigenvalue weighted by Gasteiger charge is 2.37. The molecule has 3 heterocycles. The van der Waals surface area contributed by atoms with Gasteiger partial charge < -0.3 is 5.73 Å². The zero-order valence-electron chi connectivity index (χ0n) is 11.9. The van der Waals surface area contributed by atoms with E-state index in [-0.39, 0.29) is 23.8 Å². The number of thiophene rings is 1. The van der Waals surface area contributed by atoms with Gasteiger partial charge in [-0.3, -0.25) is 14.5 Å². The molecule has 0 unspecified atom stereocenters. The van der Waals surface area contributed by atoms with Crippen LogP contribution in [-0.4, -0.2) is 26.7 Å². The van der Waals surface area contributed by atoms with E-state index in [4.69, 9.17) is 5.73 Å². The number of rotatable bonds is 2. The summed E-state index contributed by atoms with van der Waals surface area (Å²) in [6, 6.07) is 1.86. The van der Waals surface area contributed by atoms with E-state index in [9.17, 15) is 9.59 Å². The SMILES string of the molecule is CC1(C)CC(=O)N(Cc2nc(N)c3ccsc3n2)C(=O)C1. The molecule has 0 saturated carbocycles. The van der Waals surface area contributed by atoms with Crippen LogP contribution in [0.25, 0.3) is 10.2 Å². The van der Waals surface area contributed by atoms with Gasteiger partial charge in [-0.1, -0.05) is 13.8 Å². The van der Waals surface area contributed by atoms with Crippen LogP contribution < -0.4 is 5.73 Å². The van der Waals surface area contributed by atoms with Crippen LogP contribution in [0.1, 0.15) is 32.5 Å². The Labute approximate surface area is 126 Å². The fourth-order valence-electron chi connectivity index (χ4n) is 2.52. The van der Waals surface area contributed by atoms with E-state index >= 15 is 0 Å². The molecule has 0 spiro atoms. The van der Waals surface area contributed by atoms with E-state index in [1.165, 1.54) is 16.2 Å². The first-order valence-corrected chi connectivity index (χ1v) is 7.56. The van der Waals surface area contributed by atoms with Crippen molar-refractivity contribution in [3.05, 3.63) is 17.3 Å². The molecular formula is C14H16N4O2S. The Morgan fingerprint density at radius 2 is 1.95 bits per heavy atom. The summed E-state index contributed by atoms with van der Waals surface area (Å²) in [6.07, 6.45) is 0.713. The van der Waals surface area contributed by atoms with Crippen LogP contribution in [0.2, 0.25) is 0 Å². The number of imide groups is 1. The summed E-state index contributed by atoms with van der Waals surface area (Å²) in [5.41, 5.74) is 5.61. The molecule has 3 rings (SSSR count). The number of fused-ring (bicyclic) bond motifs is 1. The van der Waals surface area contributed by atoms with Gasteiger partial charge in [0, 0.05) is 12.8 Å². The highest BCUT2D eigenvalue weighted by atomic mass is 32.1. The maximum absolute atomic E-state index is 12.1. The molecule has 2 N–H and O–H groups in total. The molecule has 0 bridgehead atoms. The fourth-order valence-corrected chi connectivity index (χ4v) is 3.31. The highest BCUT2D eigenvalue weighted by Crippen LogP contribution is 2.32. The van der Waals surface area contributed by atoms with Gasteiger partial charge in [0.25, 0.3) is 0 Å². The number of piperidine rings is 1. The third kappa shape index (κ3) is 2.61. The van der Waals surface area contributed by atoms with Gasteiger partial charge in [0.05, 0.1) is 11.9 Å². The van der Waals surface area contributed by atoms with Crippen LogP contribution in [-0.2, 0) is 16.1 Å². The Kier molecular flexibility index (Phi) is 3.16. The second kappa shape index (κ2) is 4.77. The molecule has 7 heteroatoms. The minimum absolute atomic E-state index is 0.0891. The van der Waals surface area contributed by atoms with Crippen LogP contribution in [0, 0.1) is 5.41 Å². The molecule has 21 heavy (non-hydrogen) atoms. The quantitative estimate of drug-likeness (QED) is 0.857. The number of likely N-dealkylation sites (tertiary alicyclic amines) is 1. The van der Waals surface area contributed by atoms with E-state index in [0.29, 0.717) is 24.5 Å². The first kappa shape index (κ1) is 13.9. The number of amides is 2. The van der Waals surface area contributed by atoms with E-state index in [0.717, 1.165) is 10.2 Å². The molecular weight excluding hydrogens is 288 g/mol. The average Bonchev–Trinajstić information content (AvgIpc) is 2.81. The van der Waals surface area contributed by atoms with Gasteiger partial charge in [0.2, 0.25) is 11.8 Å². The van der Waals surface area contributed by atoms with Crippen molar-refractivity contribution >= 4 is 39.2 Å². The molecule has 6 nitrogen and oxygen atoms in total. The van der Waals surface area contributed by atoms with Gasteiger partial charge in [-0.25, -0.2) is 9.97 Å². The molecule has 2 amide bonds. The lowest BCUT2D eigenvalue weighted by Gasteiger charge is -2.34. The molecule has 110 valence electrons. The Balaban J connectivity index is 1.88. The normalized spacial score (nSPS) is 18.5. The van der Waals surface area contributed by atoms with E-state index in [1.54, 1.807) is 0 Å². The van der Waals surface area contributed by atoms with Crippen molar-refractivity contribution in [1.82, 2.24) is 14.9 Å². The second-order valence-electron chi connectivity index (χ2n) is 6.06. The van der Waals surface area contributed by atoms with Gasteiger partial charge in [0.1, 0.15) is 10.6 Å². The molecule has 0 aliphatic carbocycles. The third-order valence-corrected chi connectivity index (χ3v) is 4.37. The van der Waals surface area contributed by atoms with Gasteiger partial charge in [0.15, 0.2) is 5.82 Å². The molecule has 0 atom stereocenters. The van der Waals surface area contributed by atoms with Crippen molar-refractivity contribution in [1.29, 1.82) is 0 Å². The van der Waals surface area contributed by atoms with Crippen LogP contribution in [0.3, 0.4) is 0 Å². The average molecular weight is 304 g/mol.